The lowest BCUT2D eigenvalue weighted by atomic mass is 10.1. The van der Waals surface area contributed by atoms with Gasteiger partial charge < -0.3 is 14.0 Å². The van der Waals surface area contributed by atoms with E-state index in [1.807, 2.05) is 37.3 Å². The molecule has 9 heteroatoms. The van der Waals surface area contributed by atoms with Crippen molar-refractivity contribution in [1.82, 2.24) is 9.99 Å². The standard InChI is InChI=1S/C27H24N4O5/c1-18-9-14-23(19-7-5-4-6-8-19)30(18)22-12-10-20(11-13-22)27(32)29-28-17-21-15-24(31(33)34)26(36-3)16-25(21)35-2/h4-17H,1-3H3,(H,29,32)/b28-17+. The van der Waals surface area contributed by atoms with E-state index < -0.39 is 10.8 Å². The number of nitrogens with one attached hydrogen (secondary N) is 1. The Morgan fingerprint density at radius 2 is 1.67 bits per heavy atom. The van der Waals surface area contributed by atoms with Crippen molar-refractivity contribution < 1.29 is 19.2 Å². The summed E-state index contributed by atoms with van der Waals surface area (Å²) in [6.45, 7) is 2.03. The second-order valence-corrected chi connectivity index (χ2v) is 7.83. The van der Waals surface area contributed by atoms with Crippen LogP contribution in [0.5, 0.6) is 11.5 Å². The number of hydrogen-bond acceptors (Lipinski definition) is 6. The van der Waals surface area contributed by atoms with Crippen molar-refractivity contribution in [3.63, 3.8) is 0 Å². The zero-order valence-electron chi connectivity index (χ0n) is 20.0. The first-order valence-corrected chi connectivity index (χ1v) is 11.0. The summed E-state index contributed by atoms with van der Waals surface area (Å²) >= 11 is 0. The highest BCUT2D eigenvalue weighted by Crippen LogP contribution is 2.33. The van der Waals surface area contributed by atoms with Crippen LogP contribution < -0.4 is 14.9 Å². The summed E-state index contributed by atoms with van der Waals surface area (Å²) in [6, 6.07) is 24.0. The molecule has 1 aromatic heterocycles. The van der Waals surface area contributed by atoms with Crippen LogP contribution in [-0.4, -0.2) is 35.8 Å². The van der Waals surface area contributed by atoms with E-state index in [0.29, 0.717) is 16.9 Å². The number of aromatic nitrogens is 1. The number of methoxy groups -OCH3 is 2. The molecule has 4 rings (SSSR count). The minimum atomic E-state index is -0.564. The molecule has 36 heavy (non-hydrogen) atoms. The molecule has 0 spiro atoms. The Bertz CT molecular complexity index is 1430. The van der Waals surface area contributed by atoms with Crippen LogP contribution in [0.25, 0.3) is 16.9 Å². The number of hydrogen-bond donors (Lipinski definition) is 1. The van der Waals surface area contributed by atoms with Crippen molar-refractivity contribution in [2.45, 2.75) is 6.92 Å². The van der Waals surface area contributed by atoms with Crippen molar-refractivity contribution >= 4 is 17.8 Å². The molecular weight excluding hydrogens is 460 g/mol. The Morgan fingerprint density at radius 3 is 2.31 bits per heavy atom. The molecule has 0 atom stereocenters. The first kappa shape index (κ1) is 24.2. The number of hydrazone groups is 1. The Labute approximate surface area is 207 Å². The number of nitro benzene ring substituents is 1. The van der Waals surface area contributed by atoms with Crippen LogP contribution in [0, 0.1) is 17.0 Å². The number of carbonyl (C=O) groups excluding carboxylic acids is 1. The third-order valence-electron chi connectivity index (χ3n) is 5.63. The van der Waals surface area contributed by atoms with E-state index >= 15 is 0 Å². The van der Waals surface area contributed by atoms with Crippen molar-refractivity contribution in [3.8, 4) is 28.4 Å². The molecular formula is C27H24N4O5. The lowest BCUT2D eigenvalue weighted by molar-refractivity contribution is -0.385. The molecule has 0 saturated carbocycles. The summed E-state index contributed by atoms with van der Waals surface area (Å²) in [4.78, 5) is 23.4. The number of nitro groups is 1. The van der Waals surface area contributed by atoms with Crippen LogP contribution in [0.1, 0.15) is 21.6 Å². The molecule has 3 aromatic carbocycles. The van der Waals surface area contributed by atoms with Gasteiger partial charge in [0.2, 0.25) is 5.75 Å². The van der Waals surface area contributed by atoms with E-state index in [1.54, 1.807) is 12.1 Å². The monoisotopic (exact) mass is 484 g/mol. The summed E-state index contributed by atoms with van der Waals surface area (Å²) in [5.74, 6) is -0.0464. The number of amides is 1. The SMILES string of the molecule is COc1cc(OC)c([N+](=O)[O-])cc1/C=N/NC(=O)c1ccc(-n2c(C)ccc2-c2ccccc2)cc1. The van der Waals surface area contributed by atoms with Crippen LogP contribution in [0.2, 0.25) is 0 Å². The summed E-state index contributed by atoms with van der Waals surface area (Å²) < 4.78 is 12.4. The fourth-order valence-electron chi connectivity index (χ4n) is 3.85. The van der Waals surface area contributed by atoms with Crippen molar-refractivity contribution in [3.05, 3.63) is 106 Å². The number of nitrogens with zero attached hydrogens (tertiary/aromatic N) is 3. The van der Waals surface area contributed by atoms with Crippen LogP contribution in [0.15, 0.2) is 84.0 Å². The first-order valence-electron chi connectivity index (χ1n) is 11.0. The average molecular weight is 485 g/mol. The molecule has 0 aliphatic heterocycles. The summed E-state index contributed by atoms with van der Waals surface area (Å²) in [5.41, 5.74) is 7.07. The van der Waals surface area contributed by atoms with E-state index in [1.165, 1.54) is 32.6 Å². The molecule has 0 aliphatic rings. The lowest BCUT2D eigenvalue weighted by Gasteiger charge is -2.12. The third kappa shape index (κ3) is 4.95. The normalized spacial score (nSPS) is 10.9. The molecule has 1 heterocycles. The molecule has 1 amide bonds. The van der Waals surface area contributed by atoms with Gasteiger partial charge in [-0.25, -0.2) is 5.43 Å². The minimum Gasteiger partial charge on any atom is -0.496 e. The van der Waals surface area contributed by atoms with Crippen LogP contribution in [-0.2, 0) is 0 Å². The molecule has 182 valence electrons. The predicted octanol–water partition coefficient (Wildman–Crippen LogP) is 5.14. The maximum Gasteiger partial charge on any atom is 0.311 e. The molecule has 0 radical (unpaired) electrons. The predicted molar refractivity (Wildman–Crippen MR) is 137 cm³/mol. The quantitative estimate of drug-likeness (QED) is 0.212. The first-order chi connectivity index (χ1) is 17.4. The highest BCUT2D eigenvalue weighted by atomic mass is 16.6. The number of ether oxygens (including phenoxy) is 2. The summed E-state index contributed by atoms with van der Waals surface area (Å²) in [5, 5.41) is 15.3. The summed E-state index contributed by atoms with van der Waals surface area (Å²) in [6.07, 6.45) is 1.28. The molecule has 4 aromatic rings. The molecule has 0 saturated heterocycles. The zero-order valence-corrected chi connectivity index (χ0v) is 20.0. The highest BCUT2D eigenvalue weighted by molar-refractivity contribution is 5.95. The second-order valence-electron chi connectivity index (χ2n) is 7.83. The summed E-state index contributed by atoms with van der Waals surface area (Å²) in [7, 11) is 2.76. The lowest BCUT2D eigenvalue weighted by Crippen LogP contribution is -2.17. The van der Waals surface area contributed by atoms with Crippen molar-refractivity contribution in [1.29, 1.82) is 0 Å². The average Bonchev–Trinajstić information content (AvgIpc) is 3.30. The molecule has 9 nitrogen and oxygen atoms in total. The van der Waals surface area contributed by atoms with Gasteiger partial charge in [0.25, 0.3) is 5.91 Å². The zero-order chi connectivity index (χ0) is 25.7. The second kappa shape index (κ2) is 10.6. The third-order valence-corrected chi connectivity index (χ3v) is 5.63. The van der Waals surface area contributed by atoms with Crippen molar-refractivity contribution in [2.24, 2.45) is 5.10 Å². The van der Waals surface area contributed by atoms with E-state index in [4.69, 9.17) is 9.47 Å². The maximum atomic E-state index is 12.6. The number of benzene rings is 3. The van der Waals surface area contributed by atoms with Gasteiger partial charge in [0.1, 0.15) is 5.75 Å². The van der Waals surface area contributed by atoms with Gasteiger partial charge in [0.15, 0.2) is 0 Å². The van der Waals surface area contributed by atoms with Gasteiger partial charge in [-0.2, -0.15) is 5.10 Å². The van der Waals surface area contributed by atoms with E-state index in [9.17, 15) is 14.9 Å². The molecule has 0 fully saturated rings. The van der Waals surface area contributed by atoms with Gasteiger partial charge in [-0.05, 0) is 48.9 Å². The minimum absolute atomic E-state index is 0.0616. The maximum absolute atomic E-state index is 12.6. The van der Waals surface area contributed by atoms with E-state index in [-0.39, 0.29) is 11.4 Å². The Morgan fingerprint density at radius 1 is 0.972 bits per heavy atom. The van der Waals surface area contributed by atoms with Gasteiger partial charge >= 0.3 is 5.69 Å². The Kier molecular flexibility index (Phi) is 7.10. The number of rotatable bonds is 8. The van der Waals surface area contributed by atoms with Crippen LogP contribution in [0.4, 0.5) is 5.69 Å². The number of aryl methyl sites for hydroxylation is 1. The van der Waals surface area contributed by atoms with Crippen LogP contribution in [0.3, 0.4) is 0 Å². The van der Waals surface area contributed by atoms with Gasteiger partial charge in [-0.1, -0.05) is 30.3 Å². The fraction of sp³-hybridized carbons (Fsp3) is 0.111. The van der Waals surface area contributed by atoms with E-state index in [0.717, 1.165) is 22.6 Å². The Hall–Kier alpha value is -4.92. The van der Waals surface area contributed by atoms with Gasteiger partial charge in [-0.15, -0.1) is 0 Å². The van der Waals surface area contributed by atoms with Gasteiger partial charge in [0.05, 0.1) is 31.1 Å². The molecule has 0 aliphatic carbocycles. The smallest absolute Gasteiger partial charge is 0.311 e. The highest BCUT2D eigenvalue weighted by Gasteiger charge is 2.19. The Balaban J connectivity index is 1.52. The molecule has 0 unspecified atom stereocenters. The van der Waals surface area contributed by atoms with Gasteiger partial charge in [-0.3, -0.25) is 14.9 Å². The van der Waals surface area contributed by atoms with E-state index in [2.05, 4.69) is 39.4 Å². The van der Waals surface area contributed by atoms with Crippen molar-refractivity contribution in [2.75, 3.05) is 14.2 Å². The van der Waals surface area contributed by atoms with Gasteiger partial charge in [0, 0.05) is 34.6 Å². The van der Waals surface area contributed by atoms with Crippen LogP contribution >= 0.6 is 0 Å². The fourth-order valence-corrected chi connectivity index (χ4v) is 3.85. The topological polar surface area (TPSA) is 108 Å². The largest absolute Gasteiger partial charge is 0.496 e. The molecule has 1 N–H and O–H groups in total. The number of carbonyl (C=O) groups is 1. The molecule has 0 bridgehead atoms.